The third kappa shape index (κ3) is 7.42. The number of hydrogen-bond donors (Lipinski definition) is 1. The lowest BCUT2D eigenvalue weighted by Gasteiger charge is -2.23. The minimum Gasteiger partial charge on any atom is -0.460 e. The molecular weight excluding hydrogens is 306 g/mol. The van der Waals surface area contributed by atoms with Crippen molar-refractivity contribution in [3.8, 4) is 0 Å². The van der Waals surface area contributed by atoms with Gasteiger partial charge in [0, 0.05) is 0 Å². The number of carbonyl (C=O) groups is 2. The molecule has 1 aromatic rings. The third-order valence-corrected chi connectivity index (χ3v) is 3.34. The van der Waals surface area contributed by atoms with Crippen LogP contribution in [-0.4, -0.2) is 34.3 Å². The Hall–Kier alpha value is -2.14. The van der Waals surface area contributed by atoms with Gasteiger partial charge >= 0.3 is 5.97 Å². The Morgan fingerprint density at radius 1 is 1.29 bits per heavy atom. The number of rotatable bonds is 8. The lowest BCUT2D eigenvalue weighted by atomic mass is 10.00. The predicted octanol–water partition coefficient (Wildman–Crippen LogP) is 3.37. The normalized spacial score (nSPS) is 12.3. The van der Waals surface area contributed by atoms with Gasteiger partial charge in [-0.15, -0.1) is 6.58 Å². The van der Waals surface area contributed by atoms with Crippen LogP contribution in [0.5, 0.6) is 0 Å². The largest absolute Gasteiger partial charge is 0.460 e. The van der Waals surface area contributed by atoms with E-state index in [1.54, 1.807) is 26.8 Å². The summed E-state index contributed by atoms with van der Waals surface area (Å²) in [6, 6.07) is 9.58. The lowest BCUT2D eigenvalue weighted by molar-refractivity contribution is -0.173. The molecule has 0 aromatic heterocycles. The molecule has 0 aliphatic carbocycles. The highest BCUT2D eigenvalue weighted by Gasteiger charge is 2.27. The number of allylic oxidation sites excluding steroid dienone is 1. The van der Waals surface area contributed by atoms with Gasteiger partial charge < -0.3 is 4.74 Å². The summed E-state index contributed by atoms with van der Waals surface area (Å²) in [6.07, 6.45) is 2.33. The van der Waals surface area contributed by atoms with Crippen LogP contribution in [0, 0.1) is 5.92 Å². The van der Waals surface area contributed by atoms with Gasteiger partial charge in [-0.2, -0.15) is 0 Å². The molecule has 1 amide bonds. The van der Waals surface area contributed by atoms with Crippen LogP contribution in [0.4, 0.5) is 0 Å². The number of hydrogen-bond acceptors (Lipinski definition) is 4. The van der Waals surface area contributed by atoms with Crippen molar-refractivity contribution in [1.29, 1.82) is 0 Å². The van der Waals surface area contributed by atoms with E-state index < -0.39 is 23.4 Å². The average Bonchev–Trinajstić information content (AvgIpc) is 2.50. The second-order valence-electron chi connectivity index (χ2n) is 6.71. The van der Waals surface area contributed by atoms with Crippen LogP contribution in [-0.2, 0) is 20.7 Å². The van der Waals surface area contributed by atoms with Crippen molar-refractivity contribution in [2.75, 3.05) is 6.54 Å². The molecule has 0 heterocycles. The molecule has 1 aromatic carbocycles. The van der Waals surface area contributed by atoms with E-state index in [2.05, 4.69) is 6.58 Å². The zero-order valence-corrected chi connectivity index (χ0v) is 14.7. The summed E-state index contributed by atoms with van der Waals surface area (Å²) in [5.41, 5.74) is 0.419. The molecule has 0 aliphatic rings. The van der Waals surface area contributed by atoms with Gasteiger partial charge in [0.05, 0.1) is 18.9 Å². The van der Waals surface area contributed by atoms with Crippen molar-refractivity contribution in [3.05, 3.63) is 48.6 Å². The summed E-state index contributed by atoms with van der Waals surface area (Å²) in [7, 11) is 0. The number of hydroxylamine groups is 2. The molecule has 5 nitrogen and oxygen atoms in total. The van der Waals surface area contributed by atoms with Gasteiger partial charge in [0.25, 0.3) is 0 Å². The Kier molecular flexibility index (Phi) is 7.65. The van der Waals surface area contributed by atoms with E-state index in [1.807, 2.05) is 30.3 Å². The molecule has 0 fully saturated rings. The molecule has 0 saturated heterocycles. The molecule has 5 heteroatoms. The number of esters is 1. The fourth-order valence-corrected chi connectivity index (χ4v) is 2.26. The van der Waals surface area contributed by atoms with Gasteiger partial charge in [-0.3, -0.25) is 14.8 Å². The SMILES string of the molecule is C=CCC(CC(=O)OC(C)(C)C)C(=O)N(O)CCc1ccccc1. The molecule has 1 rings (SSSR count). The van der Waals surface area contributed by atoms with Crippen LogP contribution in [0.25, 0.3) is 0 Å². The van der Waals surface area contributed by atoms with E-state index in [0.717, 1.165) is 5.56 Å². The molecule has 0 bridgehead atoms. The summed E-state index contributed by atoms with van der Waals surface area (Å²) in [5.74, 6) is -1.62. The van der Waals surface area contributed by atoms with Crippen LogP contribution < -0.4 is 0 Å². The standard InChI is InChI=1S/C19H27NO4/c1-5-9-16(14-17(21)24-19(2,3)4)18(22)20(23)13-12-15-10-7-6-8-11-15/h5-8,10-11,16,23H,1,9,12-14H2,2-4H3. The van der Waals surface area contributed by atoms with Crippen LogP contribution in [0.2, 0.25) is 0 Å². The maximum Gasteiger partial charge on any atom is 0.307 e. The zero-order valence-electron chi connectivity index (χ0n) is 14.7. The van der Waals surface area contributed by atoms with E-state index in [9.17, 15) is 14.8 Å². The first-order valence-corrected chi connectivity index (χ1v) is 8.10. The number of benzene rings is 1. The van der Waals surface area contributed by atoms with Crippen LogP contribution in [0.1, 0.15) is 39.2 Å². The Balaban J connectivity index is 2.60. The Morgan fingerprint density at radius 3 is 2.46 bits per heavy atom. The summed E-state index contributed by atoms with van der Waals surface area (Å²) in [6.45, 7) is 9.10. The van der Waals surface area contributed by atoms with E-state index in [4.69, 9.17) is 4.74 Å². The van der Waals surface area contributed by atoms with Crippen molar-refractivity contribution in [2.24, 2.45) is 5.92 Å². The second-order valence-corrected chi connectivity index (χ2v) is 6.71. The van der Waals surface area contributed by atoms with E-state index in [0.29, 0.717) is 17.9 Å². The lowest BCUT2D eigenvalue weighted by Crippen LogP contribution is -2.36. The average molecular weight is 333 g/mol. The number of amides is 1. The summed E-state index contributed by atoms with van der Waals surface area (Å²) in [5, 5.41) is 10.7. The Morgan fingerprint density at radius 2 is 1.92 bits per heavy atom. The number of ether oxygens (including phenoxy) is 1. The smallest absolute Gasteiger partial charge is 0.307 e. The molecule has 1 atom stereocenters. The van der Waals surface area contributed by atoms with E-state index >= 15 is 0 Å². The van der Waals surface area contributed by atoms with Crippen LogP contribution >= 0.6 is 0 Å². The quantitative estimate of drug-likeness (QED) is 0.343. The van der Waals surface area contributed by atoms with Gasteiger partial charge in [0.2, 0.25) is 5.91 Å². The van der Waals surface area contributed by atoms with Crippen molar-refractivity contribution in [2.45, 2.75) is 45.6 Å². The maximum atomic E-state index is 12.4. The minimum atomic E-state index is -0.668. The first-order chi connectivity index (χ1) is 11.2. The monoisotopic (exact) mass is 333 g/mol. The first kappa shape index (κ1) is 19.9. The van der Waals surface area contributed by atoms with E-state index in [1.165, 1.54) is 0 Å². The molecular formula is C19H27NO4. The fourth-order valence-electron chi connectivity index (χ4n) is 2.26. The van der Waals surface area contributed by atoms with Gasteiger partial charge in [-0.25, -0.2) is 5.06 Å². The minimum absolute atomic E-state index is 0.0788. The fraction of sp³-hybridized carbons (Fsp3) is 0.474. The molecule has 0 spiro atoms. The Bertz CT molecular complexity index is 548. The molecule has 1 unspecified atom stereocenters. The summed E-state index contributed by atoms with van der Waals surface area (Å²) < 4.78 is 5.25. The third-order valence-electron chi connectivity index (χ3n) is 3.34. The van der Waals surface area contributed by atoms with Gasteiger partial charge in [0.1, 0.15) is 5.60 Å². The number of nitrogens with zero attached hydrogens (tertiary/aromatic N) is 1. The maximum absolute atomic E-state index is 12.4. The van der Waals surface area contributed by atoms with Gasteiger partial charge in [-0.05, 0) is 39.2 Å². The predicted molar refractivity (Wildman–Crippen MR) is 92.4 cm³/mol. The van der Waals surface area contributed by atoms with Crippen molar-refractivity contribution in [3.63, 3.8) is 0 Å². The number of carbonyl (C=O) groups excluding carboxylic acids is 2. The van der Waals surface area contributed by atoms with Crippen LogP contribution in [0.3, 0.4) is 0 Å². The summed E-state index contributed by atoms with van der Waals surface area (Å²) >= 11 is 0. The summed E-state index contributed by atoms with van der Waals surface area (Å²) in [4.78, 5) is 24.3. The van der Waals surface area contributed by atoms with Gasteiger partial charge in [-0.1, -0.05) is 36.4 Å². The van der Waals surface area contributed by atoms with Gasteiger partial charge in [0.15, 0.2) is 0 Å². The van der Waals surface area contributed by atoms with Crippen LogP contribution in [0.15, 0.2) is 43.0 Å². The highest BCUT2D eigenvalue weighted by molar-refractivity contribution is 5.83. The molecule has 0 aliphatic heterocycles. The molecule has 1 N–H and O–H groups in total. The highest BCUT2D eigenvalue weighted by Crippen LogP contribution is 2.17. The second kappa shape index (κ2) is 9.23. The van der Waals surface area contributed by atoms with Crippen molar-refractivity contribution in [1.82, 2.24) is 5.06 Å². The Labute approximate surface area is 143 Å². The zero-order chi connectivity index (χ0) is 18.2. The molecule has 0 saturated carbocycles. The topological polar surface area (TPSA) is 66.8 Å². The van der Waals surface area contributed by atoms with Crippen molar-refractivity contribution >= 4 is 11.9 Å². The van der Waals surface area contributed by atoms with E-state index in [-0.39, 0.29) is 13.0 Å². The molecule has 0 radical (unpaired) electrons. The molecule has 24 heavy (non-hydrogen) atoms. The van der Waals surface area contributed by atoms with Crippen molar-refractivity contribution < 1.29 is 19.5 Å². The first-order valence-electron chi connectivity index (χ1n) is 8.10. The highest BCUT2D eigenvalue weighted by atomic mass is 16.6. The molecule has 132 valence electrons.